The Kier molecular flexibility index (Phi) is 7.26. The molecule has 0 aliphatic heterocycles. The van der Waals surface area contributed by atoms with Gasteiger partial charge in [-0.05, 0) is 71.0 Å². The maximum atomic E-state index is 11.4. The molecule has 9 nitrogen and oxygen atoms in total. The van der Waals surface area contributed by atoms with Crippen molar-refractivity contribution in [3.8, 4) is 17.2 Å². The van der Waals surface area contributed by atoms with Crippen LogP contribution in [0.3, 0.4) is 0 Å². The van der Waals surface area contributed by atoms with Crippen LogP contribution < -0.4 is 9.47 Å². The Morgan fingerprint density at radius 1 is 1.06 bits per heavy atom. The molecule has 0 amide bonds. The van der Waals surface area contributed by atoms with Crippen molar-refractivity contribution in [3.05, 3.63) is 88.5 Å². The van der Waals surface area contributed by atoms with Gasteiger partial charge in [-0.3, -0.25) is 25.2 Å². The highest BCUT2D eigenvalue weighted by Gasteiger charge is 2.23. The van der Waals surface area contributed by atoms with Gasteiger partial charge in [-0.1, -0.05) is 17.7 Å². The van der Waals surface area contributed by atoms with Crippen molar-refractivity contribution >= 4 is 57.5 Å². The van der Waals surface area contributed by atoms with E-state index in [0.717, 1.165) is 17.7 Å². The molecule has 11 heteroatoms. The third-order valence-electron chi connectivity index (χ3n) is 4.41. The minimum Gasteiger partial charge on any atom is -0.493 e. The number of ether oxygens (including phenoxy) is 2. The van der Waals surface area contributed by atoms with Gasteiger partial charge in [-0.2, -0.15) is 0 Å². The number of benzene rings is 3. The zero-order chi connectivity index (χ0) is 23.4. The van der Waals surface area contributed by atoms with Gasteiger partial charge in [-0.15, -0.1) is 0 Å². The van der Waals surface area contributed by atoms with Crippen molar-refractivity contribution < 1.29 is 19.3 Å². The van der Waals surface area contributed by atoms with E-state index < -0.39 is 21.2 Å². The minimum absolute atomic E-state index is 0.146. The highest BCUT2D eigenvalue weighted by molar-refractivity contribution is 14.1. The van der Waals surface area contributed by atoms with Crippen molar-refractivity contribution in [2.45, 2.75) is 6.92 Å². The van der Waals surface area contributed by atoms with Crippen molar-refractivity contribution in [1.82, 2.24) is 0 Å². The molecule has 3 rings (SSSR count). The standard InChI is InChI=1S/C21H15ClIN3O6/c1-12-15(22)4-3-5-17(12)24-11-13-8-16(23)21(20(9-13)31-2)32-19-7-6-14(25(27)28)10-18(19)26(29)30/h3-11H,1-2H3. The first kappa shape index (κ1) is 23.4. The van der Waals surface area contributed by atoms with Crippen LogP contribution in [0.25, 0.3) is 0 Å². The van der Waals surface area contributed by atoms with Gasteiger partial charge in [0.2, 0.25) is 5.75 Å². The maximum absolute atomic E-state index is 11.4. The second-order valence-corrected chi connectivity index (χ2v) is 8.01. The molecule has 0 atom stereocenters. The summed E-state index contributed by atoms with van der Waals surface area (Å²) in [5.41, 5.74) is 1.33. The van der Waals surface area contributed by atoms with E-state index in [1.807, 2.05) is 35.6 Å². The first-order chi connectivity index (χ1) is 15.2. The normalized spacial score (nSPS) is 10.9. The third-order valence-corrected chi connectivity index (χ3v) is 5.62. The van der Waals surface area contributed by atoms with Gasteiger partial charge in [0.25, 0.3) is 5.69 Å². The van der Waals surface area contributed by atoms with Crippen molar-refractivity contribution in [1.29, 1.82) is 0 Å². The smallest absolute Gasteiger partial charge is 0.318 e. The van der Waals surface area contributed by atoms with Crippen LogP contribution in [0, 0.1) is 30.7 Å². The number of nitro benzene ring substituents is 2. The fourth-order valence-corrected chi connectivity index (χ4v) is 3.66. The first-order valence-corrected chi connectivity index (χ1v) is 10.4. The van der Waals surface area contributed by atoms with E-state index in [1.54, 1.807) is 30.5 Å². The molecular weight excluding hydrogens is 553 g/mol. The van der Waals surface area contributed by atoms with Crippen molar-refractivity contribution in [2.24, 2.45) is 4.99 Å². The molecule has 0 radical (unpaired) electrons. The van der Waals surface area contributed by atoms with Gasteiger partial charge >= 0.3 is 5.69 Å². The number of hydrogen-bond donors (Lipinski definition) is 0. The minimum atomic E-state index is -0.740. The van der Waals surface area contributed by atoms with Crippen LogP contribution in [0.2, 0.25) is 5.02 Å². The lowest BCUT2D eigenvalue weighted by Gasteiger charge is -2.13. The second kappa shape index (κ2) is 9.92. The second-order valence-electron chi connectivity index (χ2n) is 6.44. The van der Waals surface area contributed by atoms with Crippen LogP contribution in [0.4, 0.5) is 17.1 Å². The Labute approximate surface area is 201 Å². The van der Waals surface area contributed by atoms with Crippen LogP contribution in [0.15, 0.2) is 53.5 Å². The molecule has 0 fully saturated rings. The highest BCUT2D eigenvalue weighted by Crippen LogP contribution is 2.41. The summed E-state index contributed by atoms with van der Waals surface area (Å²) < 4.78 is 11.8. The van der Waals surface area contributed by atoms with Gasteiger partial charge in [-0.25, -0.2) is 0 Å². The van der Waals surface area contributed by atoms with E-state index in [0.29, 0.717) is 25.6 Å². The summed E-state index contributed by atoms with van der Waals surface area (Å²) in [5, 5.41) is 22.9. The maximum Gasteiger partial charge on any atom is 0.318 e. The Hall–Kier alpha value is -3.25. The SMILES string of the molecule is COc1cc(C=Nc2cccc(Cl)c2C)cc(I)c1Oc1ccc([N+](=O)[O-])cc1[N+](=O)[O-]. The summed E-state index contributed by atoms with van der Waals surface area (Å²) in [7, 11) is 1.44. The van der Waals surface area contributed by atoms with Crippen molar-refractivity contribution in [3.63, 3.8) is 0 Å². The van der Waals surface area contributed by atoms with Crippen molar-refractivity contribution in [2.75, 3.05) is 7.11 Å². The van der Waals surface area contributed by atoms with E-state index >= 15 is 0 Å². The largest absolute Gasteiger partial charge is 0.493 e. The summed E-state index contributed by atoms with van der Waals surface area (Å²) >= 11 is 8.14. The monoisotopic (exact) mass is 567 g/mol. The zero-order valence-electron chi connectivity index (χ0n) is 16.7. The van der Waals surface area contributed by atoms with Gasteiger partial charge in [0, 0.05) is 17.3 Å². The number of rotatable bonds is 7. The molecule has 0 heterocycles. The Balaban J connectivity index is 1.97. The molecule has 0 spiro atoms. The zero-order valence-corrected chi connectivity index (χ0v) is 19.7. The van der Waals surface area contributed by atoms with E-state index in [9.17, 15) is 20.2 Å². The number of nitrogens with zero attached hydrogens (tertiary/aromatic N) is 3. The van der Waals surface area contributed by atoms with Crippen LogP contribution in [0.1, 0.15) is 11.1 Å². The van der Waals surface area contributed by atoms with E-state index in [-0.39, 0.29) is 11.5 Å². The molecule has 0 saturated carbocycles. The van der Waals surface area contributed by atoms with Gasteiger partial charge < -0.3 is 9.47 Å². The molecular formula is C21H15ClIN3O6. The predicted molar refractivity (Wildman–Crippen MR) is 129 cm³/mol. The lowest BCUT2D eigenvalue weighted by molar-refractivity contribution is -0.394. The molecule has 0 N–H and O–H groups in total. The number of nitro groups is 2. The summed E-state index contributed by atoms with van der Waals surface area (Å²) in [6, 6.07) is 12.0. The number of halogens is 2. The van der Waals surface area contributed by atoms with E-state index in [2.05, 4.69) is 4.99 Å². The lowest BCUT2D eigenvalue weighted by Crippen LogP contribution is -1.99. The molecule has 3 aromatic carbocycles. The van der Waals surface area contributed by atoms with Crippen LogP contribution >= 0.6 is 34.2 Å². The molecule has 0 aliphatic carbocycles. The van der Waals surface area contributed by atoms with E-state index in [4.69, 9.17) is 21.1 Å². The summed E-state index contributed by atoms with van der Waals surface area (Å²) in [4.78, 5) is 25.4. The lowest BCUT2D eigenvalue weighted by atomic mass is 10.2. The molecule has 0 unspecified atom stereocenters. The number of methoxy groups -OCH3 is 1. The van der Waals surface area contributed by atoms with Crippen LogP contribution in [-0.4, -0.2) is 23.2 Å². The summed E-state index contributed by atoms with van der Waals surface area (Å²) in [6.45, 7) is 1.87. The van der Waals surface area contributed by atoms with Gasteiger partial charge in [0.15, 0.2) is 11.5 Å². The molecule has 0 bridgehead atoms. The average Bonchev–Trinajstić information content (AvgIpc) is 2.76. The predicted octanol–water partition coefficient (Wildman–Crippen LogP) is 6.62. The molecule has 0 aliphatic rings. The highest BCUT2D eigenvalue weighted by atomic mass is 127. The fraction of sp³-hybridized carbons (Fsp3) is 0.0952. The molecule has 0 saturated heterocycles. The number of aliphatic imine (C=N–C) groups is 1. The molecule has 0 aromatic heterocycles. The fourth-order valence-electron chi connectivity index (χ4n) is 2.75. The number of hydrogen-bond acceptors (Lipinski definition) is 7. The Bertz CT molecular complexity index is 1250. The van der Waals surface area contributed by atoms with Gasteiger partial charge in [0.05, 0.1) is 32.3 Å². The average molecular weight is 568 g/mol. The number of non-ortho nitro benzene ring substituents is 1. The molecule has 164 valence electrons. The molecule has 32 heavy (non-hydrogen) atoms. The molecule has 3 aromatic rings. The van der Waals surface area contributed by atoms with Crippen LogP contribution in [-0.2, 0) is 0 Å². The third kappa shape index (κ3) is 5.14. The Morgan fingerprint density at radius 2 is 1.81 bits per heavy atom. The first-order valence-electron chi connectivity index (χ1n) is 8.98. The van der Waals surface area contributed by atoms with E-state index in [1.165, 1.54) is 13.2 Å². The summed E-state index contributed by atoms with van der Waals surface area (Å²) in [6.07, 6.45) is 1.64. The van der Waals surface area contributed by atoms with Crippen LogP contribution in [0.5, 0.6) is 17.2 Å². The van der Waals surface area contributed by atoms with Gasteiger partial charge in [0.1, 0.15) is 0 Å². The Morgan fingerprint density at radius 3 is 2.47 bits per heavy atom. The quantitative estimate of drug-likeness (QED) is 0.137. The topological polar surface area (TPSA) is 117 Å². The summed E-state index contributed by atoms with van der Waals surface area (Å²) in [5.74, 6) is 0.405.